The Bertz CT molecular complexity index is 2380. The number of aliphatic hydroxyl groups is 2. The molecule has 436 valence electrons. The second-order valence-corrected chi connectivity index (χ2v) is 19.9. The number of aliphatic carboxylic acids is 2. The molecule has 0 aliphatic rings. The van der Waals surface area contributed by atoms with Crippen LogP contribution in [0.2, 0.25) is 0 Å². The molecule has 1 heterocycles. The summed E-state index contributed by atoms with van der Waals surface area (Å²) >= 11 is 0. The molecule has 28 heteroatoms. The number of carbonyl (C=O) groups excluding carboxylic acids is 8. The Kier molecular flexibility index (Phi) is 28.8. The second kappa shape index (κ2) is 33.7. The van der Waals surface area contributed by atoms with Crippen molar-refractivity contribution in [3.05, 3.63) is 36.0 Å². The highest BCUT2D eigenvalue weighted by molar-refractivity contribution is 5.98. The molecule has 78 heavy (non-hydrogen) atoms. The van der Waals surface area contributed by atoms with Crippen molar-refractivity contribution in [2.24, 2.45) is 39.8 Å². The summed E-state index contributed by atoms with van der Waals surface area (Å²) in [6, 6.07) is -6.03. The lowest BCUT2D eigenvalue weighted by Crippen LogP contribution is -2.61. The van der Waals surface area contributed by atoms with Crippen LogP contribution in [0.15, 0.2) is 35.5 Å². The summed E-state index contributed by atoms with van der Waals surface area (Å²) in [6.07, 6.45) is -0.642. The van der Waals surface area contributed by atoms with E-state index < -0.39 is 139 Å². The van der Waals surface area contributed by atoms with Crippen molar-refractivity contribution in [3.8, 4) is 0 Å². The summed E-state index contributed by atoms with van der Waals surface area (Å²) in [7, 11) is 0. The summed E-state index contributed by atoms with van der Waals surface area (Å²) < 4.78 is 0. The van der Waals surface area contributed by atoms with Crippen molar-refractivity contribution in [1.82, 2.24) is 47.5 Å². The number of fused-ring (bicyclic) bond motifs is 1. The molecule has 0 bridgehead atoms. The lowest BCUT2D eigenvalue weighted by atomic mass is 10.0. The van der Waals surface area contributed by atoms with Crippen LogP contribution in [0.1, 0.15) is 105 Å². The minimum Gasteiger partial charge on any atom is -0.481 e. The molecule has 0 aliphatic carbocycles. The average Bonchev–Trinajstić information content (AvgIpc) is 3.77. The van der Waals surface area contributed by atoms with Crippen molar-refractivity contribution in [3.63, 3.8) is 0 Å². The normalized spacial score (nSPS) is 15.1. The first kappa shape index (κ1) is 66.7. The predicted octanol–water partition coefficient (Wildman–Crippen LogP) is -3.47. The number of carboxylic acids is 2. The van der Waals surface area contributed by atoms with E-state index in [1.165, 1.54) is 6.92 Å². The first-order valence-corrected chi connectivity index (χ1v) is 25.9. The fourth-order valence-corrected chi connectivity index (χ4v) is 7.99. The Labute approximate surface area is 452 Å². The highest BCUT2D eigenvalue weighted by Crippen LogP contribution is 2.20. The lowest BCUT2D eigenvalue weighted by Gasteiger charge is -2.28. The van der Waals surface area contributed by atoms with Gasteiger partial charge in [-0.05, 0) is 95.2 Å². The van der Waals surface area contributed by atoms with Gasteiger partial charge in [-0.25, -0.2) is 4.79 Å². The molecule has 28 nitrogen and oxygen atoms in total. The number of aromatic amines is 1. The number of aliphatic hydroxyl groups excluding tert-OH is 2. The maximum Gasteiger partial charge on any atom is 0.326 e. The Morgan fingerprint density at radius 1 is 0.603 bits per heavy atom. The van der Waals surface area contributed by atoms with Crippen molar-refractivity contribution >= 4 is 76.1 Å². The minimum atomic E-state index is -1.80. The van der Waals surface area contributed by atoms with Crippen LogP contribution in [0.4, 0.5) is 0 Å². The van der Waals surface area contributed by atoms with E-state index in [1.54, 1.807) is 44.3 Å². The van der Waals surface area contributed by atoms with Crippen LogP contribution in [0.5, 0.6) is 0 Å². The molecule has 21 N–H and O–H groups in total. The second-order valence-electron chi connectivity index (χ2n) is 19.9. The van der Waals surface area contributed by atoms with Crippen molar-refractivity contribution in [2.45, 2.75) is 166 Å². The number of amides is 8. The number of nitrogens with one attached hydrogen (secondary N) is 9. The zero-order chi connectivity index (χ0) is 58.8. The number of guanidine groups is 1. The van der Waals surface area contributed by atoms with E-state index >= 15 is 0 Å². The molecule has 0 saturated carbocycles. The molecule has 0 saturated heterocycles. The largest absolute Gasteiger partial charge is 0.481 e. The highest BCUT2D eigenvalue weighted by atomic mass is 16.4. The first-order chi connectivity index (χ1) is 36.7. The van der Waals surface area contributed by atoms with Gasteiger partial charge in [-0.2, -0.15) is 0 Å². The average molecular weight is 1100 g/mol. The van der Waals surface area contributed by atoms with Gasteiger partial charge in [0.1, 0.15) is 48.3 Å². The van der Waals surface area contributed by atoms with E-state index in [0.29, 0.717) is 23.8 Å². The molecule has 0 radical (unpaired) electrons. The van der Waals surface area contributed by atoms with Gasteiger partial charge in [-0.15, -0.1) is 0 Å². The van der Waals surface area contributed by atoms with E-state index in [-0.39, 0.29) is 69.4 Å². The van der Waals surface area contributed by atoms with Crippen LogP contribution < -0.4 is 65.5 Å². The first-order valence-electron chi connectivity index (χ1n) is 25.9. The molecular weight excluding hydrogens is 1020 g/mol. The number of rotatable bonds is 36. The number of aliphatic imine (C=N–C) groups is 1. The van der Waals surface area contributed by atoms with Crippen LogP contribution in [-0.2, 0) is 54.4 Å². The highest BCUT2D eigenvalue weighted by Gasteiger charge is 2.36. The van der Waals surface area contributed by atoms with Gasteiger partial charge in [0.05, 0.1) is 18.8 Å². The molecule has 0 aliphatic heterocycles. The molecular formula is C50H82N14O14. The van der Waals surface area contributed by atoms with Crippen LogP contribution in [0, 0.1) is 11.8 Å². The number of nitrogens with zero attached hydrogens (tertiary/aromatic N) is 1. The molecule has 0 spiro atoms. The van der Waals surface area contributed by atoms with Gasteiger partial charge in [-0.3, -0.25) is 48.1 Å². The number of H-pyrrole nitrogens is 1. The van der Waals surface area contributed by atoms with E-state index in [1.807, 2.05) is 13.8 Å². The summed E-state index contributed by atoms with van der Waals surface area (Å²) in [4.78, 5) is 140. The third-order valence-corrected chi connectivity index (χ3v) is 12.2. The standard InChI is InChI=1S/C50H82N14O14/c1-25(2)20-31(52)42(70)57-27(5)41(69)64-40(28(6)66)48(76)60-35(16-17-39(67)68)45(73)58-33(14-9-10-18-51)44(72)63-38(24-65)47(75)59-34(15-11-19-55-50(53)54)43(71)61-36(46(74)62-37(49(77)78)21-26(3)4)22-29-23-56-32-13-8-7-12-30(29)32/h7-8,12-13,23,25-28,31,33-38,40,56,65-66H,9-11,14-22,24,51-52H2,1-6H3,(H,57,70)(H,58,73)(H,59,75)(H,60,76)(H,61,71)(H,62,74)(H,63,72)(H,64,69)(H,67,68)(H,77,78)(H4,53,54,55)/t27-,28+,31-,33-,34-,35-,36-,37-,38-,40-/m0/s1. The van der Waals surface area contributed by atoms with E-state index in [0.717, 1.165) is 12.4 Å². The Balaban J connectivity index is 2.43. The SMILES string of the molecule is CC(C)C[C@H](NC(=O)[C@H](Cc1c[nH]c2ccccc12)NC(=O)[C@H](CCCN=C(N)N)NC(=O)[C@H](CO)NC(=O)[C@H](CCCCN)NC(=O)[C@H](CCC(=O)O)NC(=O)[C@@H](NC(=O)[C@H](C)NC(=O)[C@@H](N)CC(C)C)[C@@H](C)O)C(=O)O. The summed E-state index contributed by atoms with van der Waals surface area (Å²) in [6.45, 7) is 8.79. The van der Waals surface area contributed by atoms with Gasteiger partial charge in [0.25, 0.3) is 0 Å². The molecule has 2 rings (SSSR count). The molecule has 2 aromatic rings. The number of aromatic nitrogens is 1. The monoisotopic (exact) mass is 1100 g/mol. The zero-order valence-corrected chi connectivity index (χ0v) is 45.1. The van der Waals surface area contributed by atoms with Crippen LogP contribution >= 0.6 is 0 Å². The van der Waals surface area contributed by atoms with Gasteiger partial charge >= 0.3 is 11.9 Å². The molecule has 10 atom stereocenters. The number of hydrogen-bond donors (Lipinski definition) is 17. The van der Waals surface area contributed by atoms with Crippen LogP contribution in [0.25, 0.3) is 10.9 Å². The maximum absolute atomic E-state index is 14.3. The number of unbranched alkanes of at least 4 members (excludes halogenated alkanes) is 1. The van der Waals surface area contributed by atoms with Crippen molar-refractivity contribution in [1.29, 1.82) is 0 Å². The number of benzene rings is 1. The summed E-state index contributed by atoms with van der Waals surface area (Å²) in [5.74, 6) is -10.7. The van der Waals surface area contributed by atoms with Gasteiger partial charge in [0, 0.05) is 36.5 Å². The van der Waals surface area contributed by atoms with Gasteiger partial charge in [0.2, 0.25) is 47.3 Å². The van der Waals surface area contributed by atoms with Crippen molar-refractivity contribution < 1.29 is 68.4 Å². The Morgan fingerprint density at radius 3 is 1.65 bits per heavy atom. The lowest BCUT2D eigenvalue weighted by molar-refractivity contribution is -0.143. The fraction of sp³-hybridized carbons (Fsp3) is 0.620. The summed E-state index contributed by atoms with van der Waals surface area (Å²) in [5.41, 5.74) is 23.9. The fourth-order valence-electron chi connectivity index (χ4n) is 7.99. The third-order valence-electron chi connectivity index (χ3n) is 12.2. The van der Waals surface area contributed by atoms with Gasteiger partial charge in [0.15, 0.2) is 5.96 Å². The molecule has 8 amide bonds. The third kappa shape index (κ3) is 23.4. The Hall–Kier alpha value is -7.43. The number of carboxylic acid groups (broad SMARTS) is 2. The molecule has 0 unspecified atom stereocenters. The van der Waals surface area contributed by atoms with E-state index in [4.69, 9.17) is 22.9 Å². The van der Waals surface area contributed by atoms with E-state index in [9.17, 15) is 68.4 Å². The number of carbonyl (C=O) groups is 10. The maximum atomic E-state index is 14.3. The van der Waals surface area contributed by atoms with E-state index in [2.05, 4.69) is 52.5 Å². The number of hydrogen-bond acceptors (Lipinski definition) is 15. The molecule has 1 aromatic carbocycles. The topological polar surface area (TPSA) is 480 Å². The van der Waals surface area contributed by atoms with Crippen LogP contribution in [0.3, 0.4) is 0 Å². The quantitative estimate of drug-likeness (QED) is 0.0179. The predicted molar refractivity (Wildman–Crippen MR) is 286 cm³/mol. The van der Waals surface area contributed by atoms with Gasteiger partial charge < -0.3 is 90.9 Å². The summed E-state index contributed by atoms with van der Waals surface area (Å²) in [5, 5.41) is 60.7. The number of para-hydroxylation sites is 1. The smallest absolute Gasteiger partial charge is 0.326 e. The molecule has 1 aromatic heterocycles. The molecule has 0 fully saturated rings. The Morgan fingerprint density at radius 2 is 1.12 bits per heavy atom. The van der Waals surface area contributed by atoms with Crippen LogP contribution in [-0.4, -0.2) is 171 Å². The number of nitrogens with two attached hydrogens (primary N) is 4. The van der Waals surface area contributed by atoms with Crippen molar-refractivity contribution in [2.75, 3.05) is 19.7 Å². The minimum absolute atomic E-state index is 0.0174. The zero-order valence-electron chi connectivity index (χ0n) is 45.1. The van der Waals surface area contributed by atoms with Gasteiger partial charge in [-0.1, -0.05) is 45.9 Å².